The Kier molecular flexibility index (Phi) is 2.93. The summed E-state index contributed by atoms with van der Waals surface area (Å²) in [5, 5.41) is 0.915. The Morgan fingerprint density at radius 3 is 2.36 bits per heavy atom. The molecule has 0 aliphatic heterocycles. The van der Waals surface area contributed by atoms with Crippen molar-refractivity contribution in [2.45, 2.75) is 0 Å². The number of aromatic nitrogens is 2. The first-order valence-corrected chi connectivity index (χ1v) is 4.62. The van der Waals surface area contributed by atoms with E-state index in [9.17, 15) is 0 Å². The van der Waals surface area contributed by atoms with Crippen LogP contribution in [-0.4, -0.2) is 21.0 Å². The maximum absolute atomic E-state index is 4.36. The van der Waals surface area contributed by atoms with Crippen LogP contribution in [0.1, 0.15) is 0 Å². The monoisotopic (exact) mass is 217 g/mol. The molecule has 0 fully saturated rings. The Balaban J connectivity index is 3.00. The Hall–Kier alpha value is -0.510. The number of halogens is 1. The molecule has 0 saturated heterocycles. The zero-order chi connectivity index (χ0) is 8.27. The topological polar surface area (TPSA) is 22.2 Å². The molecule has 0 amide bonds. The molecule has 1 aromatic heterocycles. The molecule has 0 unspecified atom stereocenters. The Morgan fingerprint density at radius 2 is 1.91 bits per heavy atom. The van der Waals surface area contributed by atoms with E-state index in [1.807, 2.05) is 35.6 Å². The Morgan fingerprint density at radius 1 is 1.36 bits per heavy atom. The maximum atomic E-state index is 4.36. The fourth-order valence-corrected chi connectivity index (χ4v) is 1.12. The highest BCUT2D eigenvalue weighted by Crippen LogP contribution is 1.80. The van der Waals surface area contributed by atoms with Crippen LogP contribution in [0.5, 0.6) is 0 Å². The maximum Gasteiger partial charge on any atom is 0.204 e. The van der Waals surface area contributed by atoms with Crippen molar-refractivity contribution >= 4 is 15.9 Å². The van der Waals surface area contributed by atoms with Crippen LogP contribution in [0.15, 0.2) is 17.4 Å². The van der Waals surface area contributed by atoms with Gasteiger partial charge in [0.25, 0.3) is 0 Å². The highest BCUT2D eigenvalue weighted by molar-refractivity contribution is 9.09. The molecule has 0 aromatic carbocycles. The minimum atomic E-state index is 0.825. The molecule has 1 aromatic rings. The molecular weight excluding hydrogens is 206 g/mol. The van der Waals surface area contributed by atoms with Gasteiger partial charge in [0.1, 0.15) is 0 Å². The first kappa shape index (κ1) is 8.59. The highest BCUT2D eigenvalue weighted by Gasteiger charge is 1.90. The van der Waals surface area contributed by atoms with E-state index < -0.39 is 0 Å². The summed E-state index contributed by atoms with van der Waals surface area (Å²) in [6.45, 7) is 0.825. The first-order chi connectivity index (χ1) is 5.25. The van der Waals surface area contributed by atoms with Crippen molar-refractivity contribution in [1.29, 1.82) is 0 Å². The minimum absolute atomic E-state index is 0.825. The lowest BCUT2D eigenvalue weighted by molar-refractivity contribution is 0.726. The molecule has 3 nitrogen and oxygen atoms in total. The van der Waals surface area contributed by atoms with Gasteiger partial charge in [0.15, 0.2) is 0 Å². The van der Waals surface area contributed by atoms with Crippen molar-refractivity contribution in [3.05, 3.63) is 18.0 Å². The SMILES string of the molecule is Cn1ccn(C)c1=NCCBr. The zero-order valence-electron chi connectivity index (χ0n) is 6.79. The average Bonchev–Trinajstić information content (AvgIpc) is 2.29. The average molecular weight is 218 g/mol. The number of imidazole rings is 1. The van der Waals surface area contributed by atoms with Gasteiger partial charge >= 0.3 is 0 Å². The van der Waals surface area contributed by atoms with Crippen molar-refractivity contribution in [2.75, 3.05) is 11.9 Å². The molecule has 0 spiro atoms. The van der Waals surface area contributed by atoms with Crippen LogP contribution in [0.25, 0.3) is 0 Å². The van der Waals surface area contributed by atoms with Gasteiger partial charge in [0, 0.05) is 31.8 Å². The van der Waals surface area contributed by atoms with E-state index in [1.54, 1.807) is 0 Å². The Bertz CT molecular complexity index is 262. The first-order valence-electron chi connectivity index (χ1n) is 3.50. The highest BCUT2D eigenvalue weighted by atomic mass is 79.9. The second-order valence-electron chi connectivity index (χ2n) is 2.39. The minimum Gasteiger partial charge on any atom is -0.321 e. The molecule has 0 radical (unpaired) electrons. The molecule has 0 saturated carbocycles. The van der Waals surface area contributed by atoms with Crippen LogP contribution in [0.3, 0.4) is 0 Å². The molecule has 62 valence electrons. The zero-order valence-corrected chi connectivity index (χ0v) is 8.37. The molecule has 0 bridgehead atoms. The number of aryl methyl sites for hydroxylation is 2. The summed E-state index contributed by atoms with van der Waals surface area (Å²) in [4.78, 5) is 4.36. The van der Waals surface area contributed by atoms with Gasteiger partial charge in [-0.15, -0.1) is 0 Å². The van der Waals surface area contributed by atoms with Crippen LogP contribution >= 0.6 is 15.9 Å². The number of nitrogens with zero attached hydrogens (tertiary/aromatic N) is 3. The van der Waals surface area contributed by atoms with Crippen LogP contribution in [0.4, 0.5) is 0 Å². The predicted octanol–water partition coefficient (Wildman–Crippen LogP) is 0.659. The lowest BCUT2D eigenvalue weighted by Crippen LogP contribution is -2.22. The van der Waals surface area contributed by atoms with Gasteiger partial charge in [-0.05, 0) is 0 Å². The second kappa shape index (κ2) is 3.76. The third kappa shape index (κ3) is 1.96. The largest absolute Gasteiger partial charge is 0.321 e. The second-order valence-corrected chi connectivity index (χ2v) is 3.18. The van der Waals surface area contributed by atoms with E-state index in [0.29, 0.717) is 0 Å². The summed E-state index contributed by atoms with van der Waals surface area (Å²) in [7, 11) is 3.99. The predicted molar refractivity (Wildman–Crippen MR) is 48.6 cm³/mol. The van der Waals surface area contributed by atoms with Gasteiger partial charge in [0.2, 0.25) is 5.62 Å². The van der Waals surface area contributed by atoms with Crippen LogP contribution in [0, 0.1) is 0 Å². The van der Waals surface area contributed by atoms with Gasteiger partial charge in [-0.2, -0.15) is 0 Å². The van der Waals surface area contributed by atoms with E-state index >= 15 is 0 Å². The van der Waals surface area contributed by atoms with Crippen molar-refractivity contribution in [3.63, 3.8) is 0 Å². The molecule has 11 heavy (non-hydrogen) atoms. The lowest BCUT2D eigenvalue weighted by atomic mass is 10.8. The molecule has 0 atom stereocenters. The molecule has 1 heterocycles. The summed E-state index contributed by atoms with van der Waals surface area (Å²) in [5.74, 6) is 0. The van der Waals surface area contributed by atoms with Gasteiger partial charge in [-0.25, -0.2) is 0 Å². The van der Waals surface area contributed by atoms with E-state index in [0.717, 1.165) is 17.5 Å². The van der Waals surface area contributed by atoms with E-state index in [2.05, 4.69) is 20.9 Å². The quantitative estimate of drug-likeness (QED) is 0.650. The van der Waals surface area contributed by atoms with E-state index in [-0.39, 0.29) is 0 Å². The number of hydrogen-bond acceptors (Lipinski definition) is 1. The Labute approximate surface area is 74.5 Å². The summed E-state index contributed by atoms with van der Waals surface area (Å²) in [6.07, 6.45) is 3.99. The van der Waals surface area contributed by atoms with Crippen LogP contribution < -0.4 is 5.62 Å². The lowest BCUT2D eigenvalue weighted by Gasteiger charge is -1.93. The molecule has 4 heteroatoms. The van der Waals surface area contributed by atoms with Gasteiger partial charge in [-0.3, -0.25) is 4.99 Å². The molecule has 0 aliphatic rings. The molecular formula is C7H12BrN3. The number of alkyl halides is 1. The molecule has 0 aliphatic carbocycles. The third-order valence-corrected chi connectivity index (χ3v) is 1.84. The standard InChI is InChI=1S/C7H12BrN3/c1-10-5-6-11(2)7(10)9-4-3-8/h5-6H,3-4H2,1-2H3. The fraction of sp³-hybridized carbons (Fsp3) is 0.571. The van der Waals surface area contributed by atoms with Crippen molar-refractivity contribution in [2.24, 2.45) is 19.1 Å². The van der Waals surface area contributed by atoms with E-state index in [4.69, 9.17) is 0 Å². The smallest absolute Gasteiger partial charge is 0.204 e. The van der Waals surface area contributed by atoms with Crippen molar-refractivity contribution in [1.82, 2.24) is 9.13 Å². The summed E-state index contributed by atoms with van der Waals surface area (Å²) in [5.41, 5.74) is 1.00. The summed E-state index contributed by atoms with van der Waals surface area (Å²) < 4.78 is 4.01. The van der Waals surface area contributed by atoms with Gasteiger partial charge in [-0.1, -0.05) is 15.9 Å². The number of hydrogen-bond donors (Lipinski definition) is 0. The summed E-state index contributed by atoms with van der Waals surface area (Å²) >= 11 is 3.33. The van der Waals surface area contributed by atoms with Gasteiger partial charge in [0.05, 0.1) is 6.54 Å². The van der Waals surface area contributed by atoms with Crippen molar-refractivity contribution in [3.8, 4) is 0 Å². The summed E-state index contributed by atoms with van der Waals surface area (Å²) in [6, 6.07) is 0. The molecule has 1 rings (SSSR count). The van der Waals surface area contributed by atoms with Gasteiger partial charge < -0.3 is 9.13 Å². The van der Waals surface area contributed by atoms with E-state index in [1.165, 1.54) is 0 Å². The van der Waals surface area contributed by atoms with Crippen molar-refractivity contribution < 1.29 is 0 Å². The fourth-order valence-electron chi connectivity index (χ4n) is 0.947. The van der Waals surface area contributed by atoms with Crippen LogP contribution in [-0.2, 0) is 14.1 Å². The molecule has 0 N–H and O–H groups in total. The normalized spacial score (nSPS) is 10.1. The third-order valence-electron chi connectivity index (χ3n) is 1.48. The number of rotatable bonds is 2. The van der Waals surface area contributed by atoms with Crippen LogP contribution in [0.2, 0.25) is 0 Å².